The molecular weight excluding hydrogens is 406 g/mol. The van der Waals surface area contributed by atoms with E-state index in [1.807, 2.05) is 20.2 Å². The summed E-state index contributed by atoms with van der Waals surface area (Å²) in [6, 6.07) is 10.5. The summed E-state index contributed by atoms with van der Waals surface area (Å²) < 4.78 is 2.28. The SMILES string of the molecule is CN(C)Cc1nc(NCc2nnc3n2CCCCC3)c2c(-c3ccccc3)csc2n1. The molecule has 1 N–H and O–H groups in total. The lowest BCUT2D eigenvalue weighted by Gasteiger charge is -2.13. The van der Waals surface area contributed by atoms with Crippen molar-refractivity contribution in [3.8, 4) is 11.1 Å². The number of nitrogens with zero attached hydrogens (tertiary/aromatic N) is 6. The van der Waals surface area contributed by atoms with E-state index in [1.165, 1.54) is 30.4 Å². The normalized spacial score (nSPS) is 14.0. The van der Waals surface area contributed by atoms with E-state index in [-0.39, 0.29) is 0 Å². The van der Waals surface area contributed by atoms with Crippen LogP contribution in [0.1, 0.15) is 36.7 Å². The van der Waals surface area contributed by atoms with Crippen LogP contribution < -0.4 is 5.32 Å². The van der Waals surface area contributed by atoms with Crippen molar-refractivity contribution in [3.05, 3.63) is 53.2 Å². The zero-order valence-corrected chi connectivity index (χ0v) is 18.8. The number of rotatable bonds is 6. The molecule has 1 aliphatic rings. The van der Waals surface area contributed by atoms with Crippen molar-refractivity contribution in [1.82, 2.24) is 29.6 Å². The van der Waals surface area contributed by atoms with Gasteiger partial charge in [-0.15, -0.1) is 21.5 Å². The van der Waals surface area contributed by atoms with Crippen LogP contribution in [-0.4, -0.2) is 43.7 Å². The summed E-state index contributed by atoms with van der Waals surface area (Å²) in [5.74, 6) is 3.78. The predicted molar refractivity (Wildman–Crippen MR) is 125 cm³/mol. The first-order chi connectivity index (χ1) is 15.2. The number of hydrogen-bond donors (Lipinski definition) is 1. The summed E-state index contributed by atoms with van der Waals surface area (Å²) in [6.45, 7) is 2.30. The maximum Gasteiger partial charge on any atom is 0.152 e. The van der Waals surface area contributed by atoms with Crippen LogP contribution in [0.15, 0.2) is 35.7 Å². The van der Waals surface area contributed by atoms with Gasteiger partial charge in [0.2, 0.25) is 0 Å². The van der Waals surface area contributed by atoms with Gasteiger partial charge in [-0.3, -0.25) is 0 Å². The molecule has 0 atom stereocenters. The Morgan fingerprint density at radius 1 is 1.06 bits per heavy atom. The van der Waals surface area contributed by atoms with Gasteiger partial charge in [0.1, 0.15) is 22.3 Å². The molecule has 0 unspecified atom stereocenters. The van der Waals surface area contributed by atoms with Crippen molar-refractivity contribution in [1.29, 1.82) is 0 Å². The van der Waals surface area contributed by atoms with Gasteiger partial charge in [0.25, 0.3) is 0 Å². The standard InChI is InChI=1S/C23H27N7S/c1-29(2)14-18-25-22(24-13-20-28-27-19-11-7-4-8-12-30(19)20)21-17(15-31-23(21)26-18)16-9-5-3-6-10-16/h3,5-6,9-10,15H,4,7-8,11-14H2,1-2H3,(H,24,25,26). The summed E-state index contributed by atoms with van der Waals surface area (Å²) in [5.41, 5.74) is 2.34. The first-order valence-corrected chi connectivity index (χ1v) is 11.7. The highest BCUT2D eigenvalue weighted by molar-refractivity contribution is 7.17. The van der Waals surface area contributed by atoms with Crippen LogP contribution in [0.5, 0.6) is 0 Å². The smallest absolute Gasteiger partial charge is 0.152 e. The maximum absolute atomic E-state index is 4.91. The van der Waals surface area contributed by atoms with Crippen LogP contribution in [0.3, 0.4) is 0 Å². The molecule has 7 nitrogen and oxygen atoms in total. The Bertz CT molecular complexity index is 1180. The number of nitrogens with one attached hydrogen (secondary N) is 1. The second kappa shape index (κ2) is 8.72. The Morgan fingerprint density at radius 2 is 1.94 bits per heavy atom. The summed E-state index contributed by atoms with van der Waals surface area (Å²) in [6.07, 6.45) is 4.65. The Labute approximate surface area is 186 Å². The minimum atomic E-state index is 0.602. The van der Waals surface area contributed by atoms with Gasteiger partial charge in [-0.1, -0.05) is 36.8 Å². The minimum absolute atomic E-state index is 0.602. The molecule has 0 spiro atoms. The highest BCUT2D eigenvalue weighted by Crippen LogP contribution is 2.37. The molecule has 1 aromatic carbocycles. The molecule has 0 radical (unpaired) electrons. The molecule has 160 valence electrons. The molecule has 5 rings (SSSR count). The third-order valence-corrected chi connectivity index (χ3v) is 6.49. The Balaban J connectivity index is 1.53. The number of aromatic nitrogens is 5. The van der Waals surface area contributed by atoms with Crippen LogP contribution in [-0.2, 0) is 26.1 Å². The van der Waals surface area contributed by atoms with Crippen LogP contribution >= 0.6 is 11.3 Å². The Hall–Kier alpha value is -2.84. The lowest BCUT2D eigenvalue weighted by atomic mass is 10.1. The fourth-order valence-electron chi connectivity index (χ4n) is 4.14. The number of benzene rings is 1. The van der Waals surface area contributed by atoms with Crippen molar-refractivity contribution in [2.75, 3.05) is 19.4 Å². The van der Waals surface area contributed by atoms with E-state index in [2.05, 4.69) is 54.6 Å². The largest absolute Gasteiger partial charge is 0.362 e. The van der Waals surface area contributed by atoms with Gasteiger partial charge >= 0.3 is 0 Å². The summed E-state index contributed by atoms with van der Waals surface area (Å²) >= 11 is 1.67. The molecule has 4 heterocycles. The molecule has 8 heteroatoms. The van der Waals surface area contributed by atoms with Crippen LogP contribution in [0.4, 0.5) is 5.82 Å². The van der Waals surface area contributed by atoms with E-state index in [9.17, 15) is 0 Å². The fourth-order valence-corrected chi connectivity index (χ4v) is 5.10. The monoisotopic (exact) mass is 433 g/mol. The van der Waals surface area contributed by atoms with Crippen LogP contribution in [0.25, 0.3) is 21.3 Å². The molecule has 31 heavy (non-hydrogen) atoms. The van der Waals surface area contributed by atoms with Crippen molar-refractivity contribution >= 4 is 27.4 Å². The molecule has 0 bridgehead atoms. The summed E-state index contributed by atoms with van der Waals surface area (Å²) in [7, 11) is 4.08. The molecule has 0 aliphatic carbocycles. The van der Waals surface area contributed by atoms with Crippen LogP contribution in [0.2, 0.25) is 0 Å². The lowest BCUT2D eigenvalue weighted by Crippen LogP contribution is -2.15. The fraction of sp³-hybridized carbons (Fsp3) is 0.391. The predicted octanol–water partition coefficient (Wildman–Crippen LogP) is 4.35. The van der Waals surface area contributed by atoms with Gasteiger partial charge in [-0.05, 0) is 32.5 Å². The first-order valence-electron chi connectivity index (χ1n) is 10.8. The Kier molecular flexibility index (Phi) is 5.65. The van der Waals surface area contributed by atoms with Gasteiger partial charge < -0.3 is 14.8 Å². The third-order valence-electron chi connectivity index (χ3n) is 5.62. The van der Waals surface area contributed by atoms with Crippen molar-refractivity contribution in [3.63, 3.8) is 0 Å². The number of aryl methyl sites for hydroxylation is 1. The average Bonchev–Trinajstić information content (AvgIpc) is 3.29. The molecule has 0 fully saturated rings. The van der Waals surface area contributed by atoms with Gasteiger partial charge in [0.15, 0.2) is 5.82 Å². The topological polar surface area (TPSA) is 71.8 Å². The molecular formula is C23H27N7S. The molecule has 0 saturated heterocycles. The van der Waals surface area contributed by atoms with Gasteiger partial charge in [-0.2, -0.15) is 0 Å². The molecule has 3 aromatic heterocycles. The van der Waals surface area contributed by atoms with E-state index in [0.717, 1.165) is 46.5 Å². The van der Waals surface area contributed by atoms with E-state index < -0.39 is 0 Å². The second-order valence-electron chi connectivity index (χ2n) is 8.27. The summed E-state index contributed by atoms with van der Waals surface area (Å²) in [4.78, 5) is 12.9. The zero-order chi connectivity index (χ0) is 21.2. The number of anilines is 1. The maximum atomic E-state index is 4.91. The summed E-state index contributed by atoms with van der Waals surface area (Å²) in [5, 5.41) is 15.8. The number of fused-ring (bicyclic) bond motifs is 2. The number of thiophene rings is 1. The average molecular weight is 434 g/mol. The third kappa shape index (κ3) is 4.18. The van der Waals surface area contributed by atoms with Crippen LogP contribution in [0, 0.1) is 0 Å². The van der Waals surface area contributed by atoms with Gasteiger partial charge in [0.05, 0.1) is 18.5 Å². The van der Waals surface area contributed by atoms with E-state index in [0.29, 0.717) is 13.1 Å². The Morgan fingerprint density at radius 3 is 2.77 bits per heavy atom. The van der Waals surface area contributed by atoms with E-state index in [4.69, 9.17) is 9.97 Å². The lowest BCUT2D eigenvalue weighted by molar-refractivity contribution is 0.391. The second-order valence-corrected chi connectivity index (χ2v) is 9.13. The molecule has 4 aromatic rings. The van der Waals surface area contributed by atoms with E-state index in [1.54, 1.807) is 11.3 Å². The molecule has 0 saturated carbocycles. The number of hydrogen-bond acceptors (Lipinski definition) is 7. The first kappa shape index (κ1) is 20.1. The molecule has 0 amide bonds. The van der Waals surface area contributed by atoms with Crippen molar-refractivity contribution in [2.24, 2.45) is 0 Å². The van der Waals surface area contributed by atoms with Crippen molar-refractivity contribution in [2.45, 2.75) is 45.3 Å². The highest BCUT2D eigenvalue weighted by Gasteiger charge is 2.18. The van der Waals surface area contributed by atoms with Crippen molar-refractivity contribution < 1.29 is 0 Å². The zero-order valence-electron chi connectivity index (χ0n) is 18.0. The van der Waals surface area contributed by atoms with Gasteiger partial charge in [-0.25, -0.2) is 9.97 Å². The minimum Gasteiger partial charge on any atom is -0.362 e. The van der Waals surface area contributed by atoms with Gasteiger partial charge in [0, 0.05) is 23.9 Å². The highest BCUT2D eigenvalue weighted by atomic mass is 32.1. The quantitative estimate of drug-likeness (QED) is 0.487. The molecule has 1 aliphatic heterocycles. The van der Waals surface area contributed by atoms with E-state index >= 15 is 0 Å².